The van der Waals surface area contributed by atoms with E-state index in [0.29, 0.717) is 23.0 Å². The minimum atomic E-state index is -0.0708. The quantitative estimate of drug-likeness (QED) is 0.875. The van der Waals surface area contributed by atoms with Crippen LogP contribution in [-0.4, -0.2) is 48.7 Å². The molecule has 2 aromatic rings. The summed E-state index contributed by atoms with van der Waals surface area (Å²) >= 11 is 6.21. The first-order valence-corrected chi connectivity index (χ1v) is 8.85. The summed E-state index contributed by atoms with van der Waals surface area (Å²) in [6, 6.07) is 11.2. The topological polar surface area (TPSA) is 52.6 Å². The van der Waals surface area contributed by atoms with Crippen LogP contribution in [0.5, 0.6) is 0 Å². The highest BCUT2D eigenvalue weighted by molar-refractivity contribution is 6.36. The van der Waals surface area contributed by atoms with E-state index in [-0.39, 0.29) is 12.5 Å². The Hall–Kier alpha value is -1.62. The first-order valence-electron chi connectivity index (χ1n) is 8.47. The van der Waals surface area contributed by atoms with Crippen LogP contribution < -0.4 is 5.32 Å². The second-order valence-electron chi connectivity index (χ2n) is 6.39. The summed E-state index contributed by atoms with van der Waals surface area (Å²) in [7, 11) is 0. The van der Waals surface area contributed by atoms with Gasteiger partial charge in [0.25, 0.3) is 5.91 Å². The highest BCUT2D eigenvalue weighted by Gasteiger charge is 2.19. The number of aliphatic hydroxyl groups is 1. The summed E-state index contributed by atoms with van der Waals surface area (Å²) in [6.45, 7) is 3.62. The molecule has 0 spiro atoms. The fourth-order valence-electron chi connectivity index (χ4n) is 3.40. The van der Waals surface area contributed by atoms with Gasteiger partial charge in [0.15, 0.2) is 0 Å². The molecule has 4 nitrogen and oxygen atoms in total. The van der Waals surface area contributed by atoms with Gasteiger partial charge >= 0.3 is 0 Å². The van der Waals surface area contributed by atoms with Crippen molar-refractivity contribution in [2.45, 2.75) is 12.8 Å². The zero-order chi connectivity index (χ0) is 16.9. The lowest BCUT2D eigenvalue weighted by Gasteiger charge is -2.31. The van der Waals surface area contributed by atoms with Crippen molar-refractivity contribution in [3.8, 4) is 0 Å². The SMILES string of the molecule is O=C(NCCN1CCC[C@H](CO)C1)c1cccc2c(Cl)cccc12. The number of fused-ring (bicyclic) bond motifs is 1. The fourth-order valence-corrected chi connectivity index (χ4v) is 3.63. The Morgan fingerprint density at radius 1 is 1.25 bits per heavy atom. The maximum Gasteiger partial charge on any atom is 0.251 e. The van der Waals surface area contributed by atoms with E-state index in [1.165, 1.54) is 0 Å². The van der Waals surface area contributed by atoms with Gasteiger partial charge in [0, 0.05) is 42.2 Å². The van der Waals surface area contributed by atoms with Crippen LogP contribution in [0.15, 0.2) is 36.4 Å². The molecular formula is C19H23ClN2O2. The van der Waals surface area contributed by atoms with Gasteiger partial charge in [-0.3, -0.25) is 4.79 Å². The zero-order valence-electron chi connectivity index (χ0n) is 13.7. The Kier molecular flexibility index (Phi) is 5.72. The molecule has 0 saturated carbocycles. The largest absolute Gasteiger partial charge is 0.396 e. The molecule has 0 aromatic heterocycles. The zero-order valence-corrected chi connectivity index (χ0v) is 14.4. The van der Waals surface area contributed by atoms with Gasteiger partial charge in [-0.2, -0.15) is 0 Å². The second-order valence-corrected chi connectivity index (χ2v) is 6.80. The maximum absolute atomic E-state index is 12.5. The molecule has 0 aliphatic carbocycles. The Morgan fingerprint density at radius 3 is 2.88 bits per heavy atom. The van der Waals surface area contributed by atoms with Crippen molar-refractivity contribution in [1.29, 1.82) is 0 Å². The molecule has 1 heterocycles. The molecule has 1 amide bonds. The van der Waals surface area contributed by atoms with Gasteiger partial charge in [-0.1, -0.05) is 35.9 Å². The van der Waals surface area contributed by atoms with E-state index in [1.807, 2.05) is 36.4 Å². The Labute approximate surface area is 147 Å². The third kappa shape index (κ3) is 3.89. The Bertz CT molecular complexity index is 720. The first-order chi connectivity index (χ1) is 11.7. The maximum atomic E-state index is 12.5. The molecule has 1 saturated heterocycles. The van der Waals surface area contributed by atoms with Crippen LogP contribution in [-0.2, 0) is 0 Å². The Balaban J connectivity index is 1.61. The first kappa shape index (κ1) is 17.2. The van der Waals surface area contributed by atoms with E-state index >= 15 is 0 Å². The molecular weight excluding hydrogens is 324 g/mol. The van der Waals surface area contributed by atoms with E-state index < -0.39 is 0 Å². The fraction of sp³-hybridized carbons (Fsp3) is 0.421. The number of carbonyl (C=O) groups is 1. The number of carbonyl (C=O) groups excluding carboxylic acids is 1. The molecule has 0 bridgehead atoms. The van der Waals surface area contributed by atoms with Crippen LogP contribution in [0.4, 0.5) is 0 Å². The molecule has 5 heteroatoms. The van der Waals surface area contributed by atoms with Gasteiger partial charge in [-0.15, -0.1) is 0 Å². The number of benzene rings is 2. The Morgan fingerprint density at radius 2 is 2.04 bits per heavy atom. The number of nitrogens with zero attached hydrogens (tertiary/aromatic N) is 1. The molecule has 0 unspecified atom stereocenters. The van der Waals surface area contributed by atoms with Gasteiger partial charge in [0.1, 0.15) is 0 Å². The van der Waals surface area contributed by atoms with Gasteiger partial charge in [-0.25, -0.2) is 0 Å². The predicted molar refractivity (Wildman–Crippen MR) is 97.5 cm³/mol. The third-order valence-corrected chi connectivity index (χ3v) is 5.02. The van der Waals surface area contributed by atoms with Gasteiger partial charge in [-0.05, 0) is 42.8 Å². The lowest BCUT2D eigenvalue weighted by molar-refractivity contribution is 0.0932. The summed E-state index contributed by atoms with van der Waals surface area (Å²) in [5.74, 6) is 0.299. The van der Waals surface area contributed by atoms with E-state index in [1.54, 1.807) is 0 Å². The van der Waals surface area contributed by atoms with Crippen LogP contribution >= 0.6 is 11.6 Å². The lowest BCUT2D eigenvalue weighted by atomic mass is 9.99. The van der Waals surface area contributed by atoms with Gasteiger partial charge in [0.2, 0.25) is 0 Å². The minimum absolute atomic E-state index is 0.0708. The monoisotopic (exact) mass is 346 g/mol. The van der Waals surface area contributed by atoms with E-state index in [2.05, 4.69) is 10.2 Å². The second kappa shape index (κ2) is 7.97. The predicted octanol–water partition coefficient (Wildman–Crippen LogP) is 2.93. The summed E-state index contributed by atoms with van der Waals surface area (Å²) in [5.41, 5.74) is 0.655. The van der Waals surface area contributed by atoms with Gasteiger partial charge in [0.05, 0.1) is 0 Å². The van der Waals surface area contributed by atoms with Crippen molar-refractivity contribution < 1.29 is 9.90 Å². The number of likely N-dealkylation sites (tertiary alicyclic amines) is 1. The molecule has 1 atom stereocenters. The van der Waals surface area contributed by atoms with Crippen LogP contribution in [0.2, 0.25) is 5.02 Å². The minimum Gasteiger partial charge on any atom is -0.396 e. The number of rotatable bonds is 5. The molecule has 2 N–H and O–H groups in total. The van der Waals surface area contributed by atoms with Crippen molar-refractivity contribution in [1.82, 2.24) is 10.2 Å². The highest BCUT2D eigenvalue weighted by Crippen LogP contribution is 2.25. The van der Waals surface area contributed by atoms with Crippen LogP contribution in [0.25, 0.3) is 10.8 Å². The lowest BCUT2D eigenvalue weighted by Crippen LogP contribution is -2.41. The van der Waals surface area contributed by atoms with E-state index in [4.69, 9.17) is 11.6 Å². The molecule has 1 fully saturated rings. The average molecular weight is 347 g/mol. The van der Waals surface area contributed by atoms with E-state index in [9.17, 15) is 9.90 Å². The number of piperidine rings is 1. The van der Waals surface area contributed by atoms with Crippen molar-refractivity contribution >= 4 is 28.3 Å². The standard InChI is InChI=1S/C19H23ClN2O2/c20-18-8-2-5-15-16(18)6-1-7-17(15)19(24)21-9-11-22-10-3-4-14(12-22)13-23/h1-2,5-8,14,23H,3-4,9-13H2,(H,21,24)/t14-/m0/s1. The van der Waals surface area contributed by atoms with Crippen molar-refractivity contribution in [2.24, 2.45) is 5.92 Å². The summed E-state index contributed by atoms with van der Waals surface area (Å²) < 4.78 is 0. The molecule has 1 aliphatic rings. The summed E-state index contributed by atoms with van der Waals surface area (Å²) in [5, 5.41) is 14.7. The normalized spacial score (nSPS) is 18.7. The van der Waals surface area contributed by atoms with Crippen LogP contribution in [0.3, 0.4) is 0 Å². The number of amides is 1. The van der Waals surface area contributed by atoms with E-state index in [0.717, 1.165) is 43.2 Å². The average Bonchev–Trinajstić information content (AvgIpc) is 2.62. The van der Waals surface area contributed by atoms with Crippen molar-refractivity contribution in [3.05, 3.63) is 47.0 Å². The molecule has 128 valence electrons. The van der Waals surface area contributed by atoms with Crippen LogP contribution in [0, 0.1) is 5.92 Å². The van der Waals surface area contributed by atoms with Crippen molar-refractivity contribution in [3.63, 3.8) is 0 Å². The number of nitrogens with one attached hydrogen (secondary N) is 1. The molecule has 1 aliphatic heterocycles. The molecule has 3 rings (SSSR count). The highest BCUT2D eigenvalue weighted by atomic mass is 35.5. The van der Waals surface area contributed by atoms with Crippen LogP contribution in [0.1, 0.15) is 23.2 Å². The number of aliphatic hydroxyl groups excluding tert-OH is 1. The summed E-state index contributed by atoms with van der Waals surface area (Å²) in [4.78, 5) is 14.8. The summed E-state index contributed by atoms with van der Waals surface area (Å²) in [6.07, 6.45) is 2.21. The number of hydrogen-bond acceptors (Lipinski definition) is 3. The molecule has 24 heavy (non-hydrogen) atoms. The number of hydrogen-bond donors (Lipinski definition) is 2. The number of halogens is 1. The third-order valence-electron chi connectivity index (χ3n) is 4.69. The molecule has 0 radical (unpaired) electrons. The smallest absolute Gasteiger partial charge is 0.251 e. The molecule has 2 aromatic carbocycles. The van der Waals surface area contributed by atoms with Gasteiger partial charge < -0.3 is 15.3 Å². The van der Waals surface area contributed by atoms with Crippen molar-refractivity contribution in [2.75, 3.05) is 32.8 Å².